The van der Waals surface area contributed by atoms with Crippen LogP contribution in [-0.4, -0.2) is 16.6 Å². The SMILES string of the molecule is Cc1ccc([N+](=O)[O-])c(NC(=O)CSc2ccc(F)cc2F)c1C. The Morgan fingerprint density at radius 1 is 1.25 bits per heavy atom. The maximum Gasteiger partial charge on any atom is 0.293 e. The first-order valence-electron chi connectivity index (χ1n) is 6.92. The molecule has 1 amide bonds. The molecule has 0 atom stereocenters. The van der Waals surface area contributed by atoms with Crippen LogP contribution in [0.2, 0.25) is 0 Å². The number of nitro groups is 1. The third-order valence-corrected chi connectivity index (χ3v) is 4.48. The lowest BCUT2D eigenvalue weighted by atomic mass is 10.1. The van der Waals surface area contributed by atoms with Crippen LogP contribution < -0.4 is 5.32 Å². The van der Waals surface area contributed by atoms with Crippen LogP contribution >= 0.6 is 11.8 Å². The highest BCUT2D eigenvalue weighted by Crippen LogP contribution is 2.30. The molecule has 0 saturated heterocycles. The molecule has 0 saturated carbocycles. The molecule has 5 nitrogen and oxygen atoms in total. The van der Waals surface area contributed by atoms with Crippen molar-refractivity contribution in [3.05, 3.63) is 63.2 Å². The van der Waals surface area contributed by atoms with Gasteiger partial charge in [0.2, 0.25) is 5.91 Å². The molecule has 0 aliphatic carbocycles. The second-order valence-electron chi connectivity index (χ2n) is 5.07. The van der Waals surface area contributed by atoms with Gasteiger partial charge in [0.1, 0.15) is 17.3 Å². The number of rotatable bonds is 5. The Kier molecular flexibility index (Phi) is 5.50. The van der Waals surface area contributed by atoms with Crippen molar-refractivity contribution in [3.63, 3.8) is 0 Å². The van der Waals surface area contributed by atoms with Crippen molar-refractivity contribution < 1.29 is 18.5 Å². The van der Waals surface area contributed by atoms with Crippen LogP contribution in [0.5, 0.6) is 0 Å². The Bertz CT molecular complexity index is 812. The lowest BCUT2D eigenvalue weighted by Gasteiger charge is -2.11. The summed E-state index contributed by atoms with van der Waals surface area (Å²) < 4.78 is 26.4. The summed E-state index contributed by atoms with van der Waals surface area (Å²) in [6.07, 6.45) is 0. The lowest BCUT2D eigenvalue weighted by Crippen LogP contribution is -2.16. The number of nitrogens with zero attached hydrogens (tertiary/aromatic N) is 1. The summed E-state index contributed by atoms with van der Waals surface area (Å²) in [5.41, 5.74) is 1.32. The zero-order valence-corrected chi connectivity index (χ0v) is 13.7. The van der Waals surface area contributed by atoms with E-state index in [1.807, 2.05) is 0 Å². The van der Waals surface area contributed by atoms with Gasteiger partial charge in [-0.25, -0.2) is 8.78 Å². The van der Waals surface area contributed by atoms with Gasteiger partial charge in [0.15, 0.2) is 0 Å². The van der Waals surface area contributed by atoms with Crippen molar-refractivity contribution in [2.24, 2.45) is 0 Å². The van der Waals surface area contributed by atoms with Crippen molar-refractivity contribution in [1.29, 1.82) is 0 Å². The van der Waals surface area contributed by atoms with Gasteiger partial charge in [0, 0.05) is 17.0 Å². The van der Waals surface area contributed by atoms with Crippen LogP contribution in [0.25, 0.3) is 0 Å². The molecule has 1 N–H and O–H groups in total. The Morgan fingerprint density at radius 3 is 2.58 bits per heavy atom. The van der Waals surface area contributed by atoms with Gasteiger partial charge < -0.3 is 5.32 Å². The number of anilines is 1. The van der Waals surface area contributed by atoms with E-state index in [4.69, 9.17) is 0 Å². The zero-order valence-electron chi connectivity index (χ0n) is 12.9. The van der Waals surface area contributed by atoms with Gasteiger partial charge in [-0.2, -0.15) is 0 Å². The summed E-state index contributed by atoms with van der Waals surface area (Å²) in [6, 6.07) is 5.99. The van der Waals surface area contributed by atoms with E-state index in [1.165, 1.54) is 12.1 Å². The number of benzene rings is 2. The predicted octanol–water partition coefficient (Wildman–Crippen LogP) is 4.22. The van der Waals surface area contributed by atoms with Gasteiger partial charge >= 0.3 is 0 Å². The van der Waals surface area contributed by atoms with Crippen LogP contribution in [0, 0.1) is 35.6 Å². The number of nitrogens with one attached hydrogen (secondary N) is 1. The van der Waals surface area contributed by atoms with Gasteiger partial charge in [0.25, 0.3) is 5.69 Å². The highest BCUT2D eigenvalue weighted by molar-refractivity contribution is 8.00. The van der Waals surface area contributed by atoms with Crippen LogP contribution in [0.1, 0.15) is 11.1 Å². The molecule has 8 heteroatoms. The highest BCUT2D eigenvalue weighted by atomic mass is 32.2. The minimum absolute atomic E-state index is 0.127. The van der Waals surface area contributed by atoms with E-state index in [0.29, 0.717) is 5.56 Å². The number of thioether (sulfide) groups is 1. The molecule has 0 spiro atoms. The number of hydrogen-bond donors (Lipinski definition) is 1. The Labute approximate surface area is 141 Å². The molecular weight excluding hydrogens is 338 g/mol. The Morgan fingerprint density at radius 2 is 1.96 bits per heavy atom. The van der Waals surface area contributed by atoms with E-state index in [1.54, 1.807) is 19.9 Å². The van der Waals surface area contributed by atoms with E-state index < -0.39 is 22.5 Å². The van der Waals surface area contributed by atoms with Gasteiger partial charge in [-0.05, 0) is 37.1 Å². The number of amides is 1. The summed E-state index contributed by atoms with van der Waals surface area (Å²) in [5.74, 6) is -2.13. The second kappa shape index (κ2) is 7.39. The molecule has 0 aromatic heterocycles. The topological polar surface area (TPSA) is 72.2 Å². The fraction of sp³-hybridized carbons (Fsp3) is 0.188. The first-order chi connectivity index (χ1) is 11.3. The van der Waals surface area contributed by atoms with E-state index in [0.717, 1.165) is 29.5 Å². The molecule has 0 bridgehead atoms. The average molecular weight is 352 g/mol. The fourth-order valence-corrected chi connectivity index (χ4v) is 2.74. The predicted molar refractivity (Wildman–Crippen MR) is 88.3 cm³/mol. The van der Waals surface area contributed by atoms with Crippen molar-refractivity contribution in [1.82, 2.24) is 0 Å². The maximum atomic E-state index is 13.5. The van der Waals surface area contributed by atoms with E-state index >= 15 is 0 Å². The van der Waals surface area contributed by atoms with Gasteiger partial charge in [-0.1, -0.05) is 6.07 Å². The molecule has 2 aromatic rings. The normalized spacial score (nSPS) is 10.5. The summed E-state index contributed by atoms with van der Waals surface area (Å²) in [4.78, 5) is 22.7. The van der Waals surface area contributed by atoms with Crippen molar-refractivity contribution in [3.8, 4) is 0 Å². The van der Waals surface area contributed by atoms with E-state index in [9.17, 15) is 23.7 Å². The number of nitro benzene ring substituents is 1. The molecule has 0 heterocycles. The number of carbonyl (C=O) groups excluding carboxylic acids is 1. The zero-order chi connectivity index (χ0) is 17.9. The first kappa shape index (κ1) is 17.9. The Hall–Kier alpha value is -2.48. The molecule has 0 unspecified atom stereocenters. The van der Waals surface area contributed by atoms with Crippen LogP contribution in [-0.2, 0) is 4.79 Å². The third-order valence-electron chi connectivity index (χ3n) is 3.43. The second-order valence-corrected chi connectivity index (χ2v) is 6.09. The van der Waals surface area contributed by atoms with Crippen LogP contribution in [0.15, 0.2) is 35.2 Å². The monoisotopic (exact) mass is 352 g/mol. The Balaban J connectivity index is 2.13. The third kappa shape index (κ3) is 4.08. The number of halogens is 2. The molecular formula is C16H14F2N2O3S. The number of carbonyl (C=O) groups is 1. The minimum Gasteiger partial charge on any atom is -0.319 e. The standard InChI is InChI=1S/C16H14F2N2O3S/c1-9-3-5-13(20(22)23)16(10(9)2)19-15(21)8-24-14-6-4-11(17)7-12(14)18/h3-7H,8H2,1-2H3,(H,19,21). The minimum atomic E-state index is -0.759. The first-order valence-corrected chi connectivity index (χ1v) is 7.90. The van der Waals surface area contributed by atoms with Gasteiger partial charge in [-0.3, -0.25) is 14.9 Å². The van der Waals surface area contributed by atoms with Gasteiger partial charge in [-0.15, -0.1) is 11.8 Å². The van der Waals surface area contributed by atoms with E-state index in [-0.39, 0.29) is 22.0 Å². The average Bonchev–Trinajstić information content (AvgIpc) is 2.50. The van der Waals surface area contributed by atoms with Crippen LogP contribution in [0.3, 0.4) is 0 Å². The number of aryl methyl sites for hydroxylation is 1. The van der Waals surface area contributed by atoms with Gasteiger partial charge in [0.05, 0.1) is 10.7 Å². The van der Waals surface area contributed by atoms with Crippen LogP contribution in [0.4, 0.5) is 20.2 Å². The molecule has 0 radical (unpaired) electrons. The molecule has 0 aliphatic rings. The quantitative estimate of drug-likeness (QED) is 0.497. The summed E-state index contributed by atoms with van der Waals surface area (Å²) in [6.45, 7) is 3.45. The van der Waals surface area contributed by atoms with Crippen molar-refractivity contribution in [2.75, 3.05) is 11.1 Å². The van der Waals surface area contributed by atoms with Crippen molar-refractivity contribution >= 4 is 29.0 Å². The molecule has 2 aromatic carbocycles. The molecule has 0 fully saturated rings. The summed E-state index contributed by atoms with van der Waals surface area (Å²) in [7, 11) is 0. The number of hydrogen-bond acceptors (Lipinski definition) is 4. The highest BCUT2D eigenvalue weighted by Gasteiger charge is 2.19. The molecule has 0 aliphatic heterocycles. The fourth-order valence-electron chi connectivity index (χ4n) is 2.02. The summed E-state index contributed by atoms with van der Waals surface area (Å²) >= 11 is 0.884. The molecule has 24 heavy (non-hydrogen) atoms. The van der Waals surface area contributed by atoms with E-state index in [2.05, 4.69) is 5.32 Å². The molecule has 126 valence electrons. The lowest BCUT2D eigenvalue weighted by molar-refractivity contribution is -0.384. The maximum absolute atomic E-state index is 13.5. The molecule has 2 rings (SSSR count). The largest absolute Gasteiger partial charge is 0.319 e. The smallest absolute Gasteiger partial charge is 0.293 e. The summed E-state index contributed by atoms with van der Waals surface area (Å²) in [5, 5.41) is 13.6. The van der Waals surface area contributed by atoms with Crippen molar-refractivity contribution in [2.45, 2.75) is 18.7 Å².